The van der Waals surface area contributed by atoms with Gasteiger partial charge in [-0.1, -0.05) is 49.4 Å². The lowest BCUT2D eigenvalue weighted by molar-refractivity contribution is 0.0931. The number of imidazole rings is 1. The van der Waals surface area contributed by atoms with Gasteiger partial charge < -0.3 is 20.4 Å². The Kier molecular flexibility index (Phi) is 10.6. The van der Waals surface area contributed by atoms with Crippen LogP contribution < -0.4 is 10.6 Å². The van der Waals surface area contributed by atoms with Crippen LogP contribution in [0.5, 0.6) is 0 Å². The predicted octanol–water partition coefficient (Wildman–Crippen LogP) is 4.13. The van der Waals surface area contributed by atoms with Crippen molar-refractivity contribution in [3.05, 3.63) is 66.0 Å². The quantitative estimate of drug-likeness (QED) is 0.162. The Balaban J connectivity index is 0.00000320. The van der Waals surface area contributed by atoms with Gasteiger partial charge in [0.2, 0.25) is 0 Å². The molecule has 0 radical (unpaired) electrons. The van der Waals surface area contributed by atoms with Crippen molar-refractivity contribution in [3.8, 4) is 0 Å². The molecule has 1 unspecified atom stereocenters. The van der Waals surface area contributed by atoms with E-state index in [1.165, 1.54) is 5.56 Å². The molecule has 1 atom stereocenters. The van der Waals surface area contributed by atoms with Crippen LogP contribution in [0.1, 0.15) is 24.7 Å². The number of halogens is 1. The fourth-order valence-electron chi connectivity index (χ4n) is 3.09. The van der Waals surface area contributed by atoms with Crippen LogP contribution in [-0.4, -0.2) is 42.7 Å². The van der Waals surface area contributed by atoms with Crippen molar-refractivity contribution in [1.82, 2.24) is 20.6 Å². The van der Waals surface area contributed by atoms with E-state index in [9.17, 15) is 0 Å². The first-order valence-electron chi connectivity index (χ1n) is 10.2. The van der Waals surface area contributed by atoms with Gasteiger partial charge in [0.1, 0.15) is 5.82 Å². The lowest BCUT2D eigenvalue weighted by Gasteiger charge is -2.16. The summed E-state index contributed by atoms with van der Waals surface area (Å²) in [7, 11) is 1.80. The number of hydrogen-bond donors (Lipinski definition) is 3. The molecular weight excluding hydrogens is 489 g/mol. The Hall–Kier alpha value is -2.13. The average Bonchev–Trinajstić information content (AvgIpc) is 3.17. The molecule has 0 aliphatic carbocycles. The summed E-state index contributed by atoms with van der Waals surface area (Å²) in [6, 6.07) is 18.4. The molecule has 7 heteroatoms. The third kappa shape index (κ3) is 7.95. The van der Waals surface area contributed by atoms with Gasteiger partial charge in [0.25, 0.3) is 0 Å². The second-order valence-corrected chi connectivity index (χ2v) is 7.29. The smallest absolute Gasteiger partial charge is 0.190 e. The van der Waals surface area contributed by atoms with E-state index in [-0.39, 0.29) is 24.0 Å². The van der Waals surface area contributed by atoms with Gasteiger partial charge >= 0.3 is 0 Å². The molecule has 0 spiro atoms. The van der Waals surface area contributed by atoms with Crippen LogP contribution in [0, 0.1) is 5.92 Å². The molecule has 0 amide bonds. The normalized spacial score (nSPS) is 12.4. The lowest BCUT2D eigenvalue weighted by atomic mass is 10.2. The maximum atomic E-state index is 5.81. The maximum Gasteiger partial charge on any atom is 0.190 e. The first-order chi connectivity index (χ1) is 14.2. The number of nitrogens with one attached hydrogen (secondary N) is 3. The van der Waals surface area contributed by atoms with Crippen molar-refractivity contribution >= 4 is 41.0 Å². The topological polar surface area (TPSA) is 74.3 Å². The van der Waals surface area contributed by atoms with Crippen LogP contribution in [-0.2, 0) is 17.8 Å². The second kappa shape index (κ2) is 13.2. The van der Waals surface area contributed by atoms with E-state index in [2.05, 4.69) is 50.7 Å². The van der Waals surface area contributed by atoms with Crippen LogP contribution in [0.25, 0.3) is 11.0 Å². The molecule has 1 heterocycles. The number of fused-ring (bicyclic) bond motifs is 1. The van der Waals surface area contributed by atoms with E-state index in [0.717, 1.165) is 48.7 Å². The Labute approximate surface area is 196 Å². The number of aryl methyl sites for hydroxylation is 1. The lowest BCUT2D eigenvalue weighted by Crippen LogP contribution is -2.40. The van der Waals surface area contributed by atoms with Gasteiger partial charge in [-0.15, -0.1) is 24.0 Å². The van der Waals surface area contributed by atoms with E-state index >= 15 is 0 Å². The van der Waals surface area contributed by atoms with Crippen LogP contribution in [0.15, 0.2) is 59.6 Å². The van der Waals surface area contributed by atoms with Crippen molar-refractivity contribution in [2.24, 2.45) is 10.9 Å². The molecule has 0 aliphatic rings. The molecule has 30 heavy (non-hydrogen) atoms. The van der Waals surface area contributed by atoms with E-state index < -0.39 is 0 Å². The number of aromatic nitrogens is 2. The van der Waals surface area contributed by atoms with Crippen LogP contribution >= 0.6 is 24.0 Å². The molecule has 3 N–H and O–H groups in total. The molecule has 0 fully saturated rings. The Morgan fingerprint density at radius 2 is 1.87 bits per heavy atom. The zero-order valence-electron chi connectivity index (χ0n) is 17.7. The van der Waals surface area contributed by atoms with Crippen LogP contribution in [0.2, 0.25) is 0 Å². The highest BCUT2D eigenvalue weighted by atomic mass is 127. The minimum Gasteiger partial charge on any atom is -0.376 e. The molecule has 1 aromatic heterocycles. The number of rotatable bonds is 10. The molecule has 0 aliphatic heterocycles. The molecule has 162 valence electrons. The third-order valence-corrected chi connectivity index (χ3v) is 4.68. The summed E-state index contributed by atoms with van der Waals surface area (Å²) >= 11 is 0. The van der Waals surface area contributed by atoms with Crippen molar-refractivity contribution in [3.63, 3.8) is 0 Å². The van der Waals surface area contributed by atoms with Crippen LogP contribution in [0.3, 0.4) is 0 Å². The number of aromatic amines is 1. The van der Waals surface area contributed by atoms with Crippen molar-refractivity contribution < 1.29 is 4.74 Å². The molecule has 0 saturated carbocycles. The number of ether oxygens (including phenoxy) is 1. The summed E-state index contributed by atoms with van der Waals surface area (Å²) in [6.07, 6.45) is 1.89. The monoisotopic (exact) mass is 521 g/mol. The molecule has 0 bridgehead atoms. The van der Waals surface area contributed by atoms with Gasteiger partial charge in [0.05, 0.1) is 24.2 Å². The molecule has 6 nitrogen and oxygen atoms in total. The number of benzene rings is 2. The first-order valence-corrected chi connectivity index (χ1v) is 10.2. The zero-order chi connectivity index (χ0) is 20.3. The zero-order valence-corrected chi connectivity index (χ0v) is 20.1. The van der Waals surface area contributed by atoms with E-state index in [0.29, 0.717) is 19.1 Å². The van der Waals surface area contributed by atoms with Gasteiger partial charge in [-0.25, -0.2) is 4.98 Å². The summed E-state index contributed by atoms with van der Waals surface area (Å²) < 4.78 is 5.81. The Bertz CT molecular complexity index is 864. The largest absolute Gasteiger partial charge is 0.376 e. The summed E-state index contributed by atoms with van der Waals surface area (Å²) in [5, 5.41) is 6.74. The SMILES string of the molecule is CN=C(NCCCc1nc2ccccc2[nH]1)NCC(C)COCc1ccccc1.I. The molecular formula is C23H32IN5O. The first kappa shape index (κ1) is 24.1. The highest BCUT2D eigenvalue weighted by Gasteiger charge is 2.05. The van der Waals surface area contributed by atoms with Gasteiger partial charge in [0, 0.05) is 26.6 Å². The number of guanidine groups is 1. The van der Waals surface area contributed by atoms with Gasteiger partial charge in [-0.05, 0) is 30.0 Å². The molecule has 3 rings (SSSR count). The van der Waals surface area contributed by atoms with Crippen molar-refractivity contribution in [1.29, 1.82) is 0 Å². The number of nitrogens with zero attached hydrogens (tertiary/aromatic N) is 2. The summed E-state index contributed by atoms with van der Waals surface area (Å²) in [5.74, 6) is 2.25. The molecule has 0 saturated heterocycles. The van der Waals surface area contributed by atoms with Crippen molar-refractivity contribution in [2.75, 3.05) is 26.7 Å². The Morgan fingerprint density at radius 1 is 1.10 bits per heavy atom. The Morgan fingerprint density at radius 3 is 2.63 bits per heavy atom. The highest BCUT2D eigenvalue weighted by molar-refractivity contribution is 14.0. The van der Waals surface area contributed by atoms with Crippen molar-refractivity contribution in [2.45, 2.75) is 26.4 Å². The minimum atomic E-state index is 0. The standard InChI is InChI=1S/C23H31N5O.HI/c1-18(16-29-17-19-9-4-3-5-10-19)15-26-23(24-2)25-14-8-13-22-27-20-11-6-7-12-21(20)28-22;/h3-7,9-12,18H,8,13-17H2,1-2H3,(H,27,28)(H2,24,25,26);1H. The van der Waals surface area contributed by atoms with Gasteiger partial charge in [0.15, 0.2) is 5.96 Å². The van der Waals surface area contributed by atoms with Gasteiger partial charge in [-0.2, -0.15) is 0 Å². The summed E-state index contributed by atoms with van der Waals surface area (Å²) in [4.78, 5) is 12.3. The number of para-hydroxylation sites is 2. The minimum absolute atomic E-state index is 0. The number of H-pyrrole nitrogens is 1. The second-order valence-electron chi connectivity index (χ2n) is 7.29. The average molecular weight is 521 g/mol. The summed E-state index contributed by atoms with van der Waals surface area (Å²) in [5.41, 5.74) is 3.32. The summed E-state index contributed by atoms with van der Waals surface area (Å²) in [6.45, 7) is 5.20. The van der Waals surface area contributed by atoms with E-state index in [1.54, 1.807) is 7.05 Å². The van der Waals surface area contributed by atoms with Gasteiger partial charge in [-0.3, -0.25) is 4.99 Å². The van der Waals surface area contributed by atoms with E-state index in [1.807, 2.05) is 36.4 Å². The number of aliphatic imine (C=N–C) groups is 1. The maximum absolute atomic E-state index is 5.81. The number of hydrogen-bond acceptors (Lipinski definition) is 3. The molecule has 2 aromatic carbocycles. The molecule has 3 aromatic rings. The van der Waals surface area contributed by atoms with Crippen LogP contribution in [0.4, 0.5) is 0 Å². The highest BCUT2D eigenvalue weighted by Crippen LogP contribution is 2.11. The third-order valence-electron chi connectivity index (χ3n) is 4.68. The fraction of sp³-hybridized carbons (Fsp3) is 0.391. The predicted molar refractivity (Wildman–Crippen MR) is 134 cm³/mol. The van der Waals surface area contributed by atoms with E-state index in [4.69, 9.17) is 4.74 Å². The fourth-order valence-corrected chi connectivity index (χ4v) is 3.09.